The third-order valence-electron chi connectivity index (χ3n) is 9.06. The molecule has 7 rings (SSSR count). The molecular weight excluding hydrogens is 531 g/mol. The second-order valence-corrected chi connectivity index (χ2v) is 11.5. The van der Waals surface area contributed by atoms with Crippen LogP contribution in [0.3, 0.4) is 0 Å². The number of pyridine rings is 1. The lowest BCUT2D eigenvalue weighted by Gasteiger charge is -2.33. The summed E-state index contributed by atoms with van der Waals surface area (Å²) in [6.45, 7) is 5.40. The minimum absolute atomic E-state index is 0.0934. The molecule has 4 atom stereocenters. The highest BCUT2D eigenvalue weighted by Crippen LogP contribution is 2.52. The Hall–Kier alpha value is -4.66. The van der Waals surface area contributed by atoms with Gasteiger partial charge in [-0.05, 0) is 86.9 Å². The lowest BCUT2D eigenvalue weighted by atomic mass is 9.70. The summed E-state index contributed by atoms with van der Waals surface area (Å²) >= 11 is 0. The van der Waals surface area contributed by atoms with Gasteiger partial charge in [0.1, 0.15) is 23.3 Å². The second-order valence-electron chi connectivity index (χ2n) is 11.5. The highest BCUT2D eigenvalue weighted by atomic mass is 19.1. The van der Waals surface area contributed by atoms with Crippen molar-refractivity contribution in [2.45, 2.75) is 38.5 Å². The van der Waals surface area contributed by atoms with Gasteiger partial charge in [0.15, 0.2) is 17.4 Å². The van der Waals surface area contributed by atoms with Crippen molar-refractivity contribution in [3.8, 4) is 11.5 Å². The Balaban J connectivity index is 1.14. The minimum atomic E-state index is -0.434. The van der Waals surface area contributed by atoms with Gasteiger partial charge in [-0.2, -0.15) is 0 Å². The molecule has 2 aromatic carbocycles. The molecule has 2 saturated carbocycles. The number of nitrogens with zero attached hydrogens (tertiary/aromatic N) is 5. The van der Waals surface area contributed by atoms with Gasteiger partial charge >= 0.3 is 0 Å². The van der Waals surface area contributed by atoms with E-state index in [4.69, 9.17) is 9.72 Å². The fraction of sp³-hybridized carbons (Fsp3) is 0.303. The summed E-state index contributed by atoms with van der Waals surface area (Å²) in [6, 6.07) is 13.0. The van der Waals surface area contributed by atoms with Crippen LogP contribution in [-0.4, -0.2) is 30.3 Å². The van der Waals surface area contributed by atoms with Gasteiger partial charge in [0.25, 0.3) is 0 Å². The number of halogens is 1. The SMILES string of the molecule is C=CC(=O)C1[C@@H]2CC[C@H]1CC(c1ccc3ncnc(Nc4ccc(Oc5ccc6c(c5)ncn6C)c(C)c4F)c3n1)C2. The molecule has 212 valence electrons. The summed E-state index contributed by atoms with van der Waals surface area (Å²) in [4.78, 5) is 30.6. The summed E-state index contributed by atoms with van der Waals surface area (Å²) in [7, 11) is 1.93. The normalized spacial score (nSPS) is 21.5. The molecule has 0 saturated heterocycles. The van der Waals surface area contributed by atoms with Crippen molar-refractivity contribution in [2.75, 3.05) is 5.32 Å². The van der Waals surface area contributed by atoms with Crippen LogP contribution >= 0.6 is 0 Å². The van der Waals surface area contributed by atoms with E-state index in [0.717, 1.165) is 42.4 Å². The molecule has 2 fully saturated rings. The van der Waals surface area contributed by atoms with Crippen molar-refractivity contribution in [1.29, 1.82) is 0 Å². The third-order valence-corrected chi connectivity index (χ3v) is 9.06. The highest BCUT2D eigenvalue weighted by molar-refractivity contribution is 5.92. The lowest BCUT2D eigenvalue weighted by Crippen LogP contribution is -2.30. The summed E-state index contributed by atoms with van der Waals surface area (Å²) in [5.41, 5.74) is 4.67. The minimum Gasteiger partial charge on any atom is -0.457 e. The molecule has 0 aliphatic heterocycles. The second kappa shape index (κ2) is 10.3. The number of fused-ring (bicyclic) bond motifs is 4. The van der Waals surface area contributed by atoms with E-state index < -0.39 is 5.82 Å². The lowest BCUT2D eigenvalue weighted by molar-refractivity contribution is -0.121. The molecule has 3 aromatic heterocycles. The van der Waals surface area contributed by atoms with Crippen LogP contribution in [0.2, 0.25) is 0 Å². The molecule has 8 nitrogen and oxygen atoms in total. The van der Waals surface area contributed by atoms with Crippen LogP contribution in [0.4, 0.5) is 15.9 Å². The van der Waals surface area contributed by atoms with Gasteiger partial charge in [-0.15, -0.1) is 0 Å². The first kappa shape index (κ1) is 26.3. The van der Waals surface area contributed by atoms with E-state index in [1.54, 1.807) is 25.4 Å². The number of benzene rings is 2. The molecule has 1 N–H and O–H groups in total. The average Bonchev–Trinajstić information content (AvgIpc) is 3.51. The Kier molecular flexibility index (Phi) is 6.45. The van der Waals surface area contributed by atoms with Gasteiger partial charge in [-0.25, -0.2) is 24.3 Å². The zero-order valence-corrected chi connectivity index (χ0v) is 23.5. The summed E-state index contributed by atoms with van der Waals surface area (Å²) in [5.74, 6) is 2.26. The smallest absolute Gasteiger partial charge is 0.160 e. The Labute approximate surface area is 242 Å². The zero-order chi connectivity index (χ0) is 29.0. The van der Waals surface area contributed by atoms with Crippen LogP contribution in [0.15, 0.2) is 67.8 Å². The van der Waals surface area contributed by atoms with Crippen molar-refractivity contribution >= 4 is 39.4 Å². The van der Waals surface area contributed by atoms with Crippen LogP contribution in [-0.2, 0) is 11.8 Å². The first-order valence-electron chi connectivity index (χ1n) is 14.3. The van der Waals surface area contributed by atoms with Crippen LogP contribution < -0.4 is 10.1 Å². The van der Waals surface area contributed by atoms with Crippen LogP contribution in [0, 0.1) is 30.5 Å². The van der Waals surface area contributed by atoms with E-state index in [2.05, 4.69) is 26.8 Å². The average molecular weight is 563 g/mol. The number of ketones is 1. The van der Waals surface area contributed by atoms with Gasteiger partial charge in [0.05, 0.1) is 28.6 Å². The molecule has 0 radical (unpaired) electrons. The number of rotatable bonds is 7. The Morgan fingerprint density at radius 1 is 1.07 bits per heavy atom. The predicted octanol–water partition coefficient (Wildman–Crippen LogP) is 7.17. The number of aromatic nitrogens is 5. The zero-order valence-electron chi connectivity index (χ0n) is 23.5. The van der Waals surface area contributed by atoms with Crippen LogP contribution in [0.5, 0.6) is 11.5 Å². The van der Waals surface area contributed by atoms with Gasteiger partial charge in [0, 0.05) is 36.2 Å². The fourth-order valence-corrected chi connectivity index (χ4v) is 6.95. The first-order valence-corrected chi connectivity index (χ1v) is 14.3. The summed E-state index contributed by atoms with van der Waals surface area (Å²) < 4.78 is 23.6. The molecule has 5 aromatic rings. The predicted molar refractivity (Wildman–Crippen MR) is 159 cm³/mol. The van der Waals surface area contributed by atoms with Crippen LogP contribution in [0.25, 0.3) is 22.1 Å². The number of hydrogen-bond donors (Lipinski definition) is 1. The number of hydrogen-bond acceptors (Lipinski definition) is 7. The van der Waals surface area contributed by atoms with Gasteiger partial charge in [-0.3, -0.25) is 4.79 Å². The molecule has 0 spiro atoms. The van der Waals surface area contributed by atoms with E-state index in [0.29, 0.717) is 45.7 Å². The van der Waals surface area contributed by atoms with Crippen molar-refractivity contribution < 1.29 is 13.9 Å². The monoisotopic (exact) mass is 562 g/mol. The van der Waals surface area contributed by atoms with Gasteiger partial charge < -0.3 is 14.6 Å². The quantitative estimate of drug-likeness (QED) is 0.210. The maximum atomic E-state index is 15.6. The molecule has 2 unspecified atom stereocenters. The molecular formula is C33H31FN6O2. The molecule has 3 heterocycles. The molecule has 0 amide bonds. The van der Waals surface area contributed by atoms with Crippen molar-refractivity contribution in [3.05, 3.63) is 84.8 Å². The molecule has 2 bridgehead atoms. The largest absolute Gasteiger partial charge is 0.457 e. The van der Waals surface area contributed by atoms with E-state index in [1.807, 2.05) is 41.9 Å². The number of carbonyl (C=O) groups excluding carboxylic acids is 1. The number of allylic oxidation sites excluding steroid dienone is 1. The van der Waals surface area contributed by atoms with Crippen LogP contribution in [0.1, 0.15) is 42.9 Å². The maximum absolute atomic E-state index is 15.6. The molecule has 2 aliphatic carbocycles. The fourth-order valence-electron chi connectivity index (χ4n) is 6.95. The van der Waals surface area contributed by atoms with E-state index in [9.17, 15) is 4.79 Å². The van der Waals surface area contributed by atoms with Gasteiger partial charge in [-0.1, -0.05) is 6.58 Å². The number of imidazole rings is 1. The number of anilines is 2. The maximum Gasteiger partial charge on any atom is 0.160 e. The Morgan fingerprint density at radius 3 is 2.67 bits per heavy atom. The molecule has 42 heavy (non-hydrogen) atoms. The highest BCUT2D eigenvalue weighted by Gasteiger charge is 2.45. The number of ether oxygens (including phenoxy) is 1. The van der Waals surface area contributed by atoms with Crippen molar-refractivity contribution in [3.63, 3.8) is 0 Å². The standard InChI is InChI=1S/C33H31FN6O2/c1-4-28(41)30-19-5-6-20(30)14-21(13-19)23-8-9-25-32(38-23)33(36-16-35-25)39-24-10-12-29(18(2)31(24)34)42-22-7-11-27-26(15-22)37-17-40(27)3/h4,7-12,15-17,19-21,30H,1,5-6,13-14H2,2-3H3,(H,35,36,39)/t19-,20+,21?,30?. The van der Waals surface area contributed by atoms with Gasteiger partial charge in [0.2, 0.25) is 0 Å². The van der Waals surface area contributed by atoms with E-state index >= 15 is 4.39 Å². The van der Waals surface area contributed by atoms with E-state index in [1.165, 1.54) is 12.4 Å². The Bertz CT molecular complexity index is 1850. The van der Waals surface area contributed by atoms with Crippen molar-refractivity contribution in [1.82, 2.24) is 24.5 Å². The molecule has 9 heteroatoms. The number of carbonyl (C=O) groups is 1. The summed E-state index contributed by atoms with van der Waals surface area (Å²) in [6.07, 6.45) is 8.69. The molecule has 2 aliphatic rings. The third kappa shape index (κ3) is 4.49. The topological polar surface area (TPSA) is 94.8 Å². The summed E-state index contributed by atoms with van der Waals surface area (Å²) in [5, 5.41) is 3.15. The van der Waals surface area contributed by atoms with Crippen molar-refractivity contribution in [2.24, 2.45) is 24.8 Å². The Morgan fingerprint density at radius 2 is 1.88 bits per heavy atom. The number of nitrogens with one attached hydrogen (secondary N) is 1. The van der Waals surface area contributed by atoms with E-state index in [-0.39, 0.29) is 23.3 Å². The first-order chi connectivity index (χ1) is 20.4. The number of aryl methyl sites for hydroxylation is 1.